The Kier molecular flexibility index (Phi) is 12.5. The molecule has 15 rings (SSSR count). The van der Waals surface area contributed by atoms with Gasteiger partial charge in [0.25, 0.3) is 0 Å². The minimum atomic E-state index is -2.27. The van der Waals surface area contributed by atoms with Gasteiger partial charge in [-0.25, -0.2) is 28.7 Å². The van der Waals surface area contributed by atoms with E-state index in [2.05, 4.69) is 165 Å². The molecule has 0 bridgehead atoms. The maximum atomic E-state index is 8.15. The molecular weight excluding hydrogens is 1060 g/mol. The van der Waals surface area contributed by atoms with E-state index in [1.54, 1.807) is 18.3 Å². The van der Waals surface area contributed by atoms with Crippen molar-refractivity contribution in [1.29, 1.82) is 0 Å². The lowest BCUT2D eigenvalue weighted by molar-refractivity contribution is -0.660. The summed E-state index contributed by atoms with van der Waals surface area (Å²) in [5.41, 5.74) is 22.7. The van der Waals surface area contributed by atoms with Gasteiger partial charge in [0.15, 0.2) is 35.3 Å². The highest BCUT2D eigenvalue weighted by molar-refractivity contribution is 6.12. The SMILES string of the molecule is Cc1ccc2c(oc3ncccc32)c1-c1cc(-c2ccccc2)cc[n+]1C.[2H]C([2H])([2H])c1cc(C)c(-c2cc(C)c(-c3ccccc3)c[n+]2C)c2oc3nc(C)ccc3c12.[2H]C([2H])([2H])c1cc(C)c(-c2ccc(-c3ccccc3)c[n+]2C)c2oc3nc(C)ccc3c12. The highest BCUT2D eigenvalue weighted by atomic mass is 16.3. The molecule has 0 N–H and O–H groups in total. The Morgan fingerprint density at radius 1 is 0.360 bits per heavy atom. The third-order valence-corrected chi connectivity index (χ3v) is 16.4. The normalized spacial score (nSPS) is 12.8. The molecule has 0 spiro atoms. The van der Waals surface area contributed by atoms with Gasteiger partial charge < -0.3 is 13.3 Å². The zero-order chi connectivity index (χ0) is 64.5. The van der Waals surface area contributed by atoms with Gasteiger partial charge >= 0.3 is 0 Å². The van der Waals surface area contributed by atoms with Crippen LogP contribution in [0.4, 0.5) is 0 Å². The maximum absolute atomic E-state index is 8.15. The second kappa shape index (κ2) is 22.3. The van der Waals surface area contributed by atoms with Crippen LogP contribution in [-0.2, 0) is 21.1 Å². The summed E-state index contributed by atoms with van der Waals surface area (Å²) in [6, 6.07) is 61.0. The Morgan fingerprint density at radius 2 is 0.884 bits per heavy atom. The number of rotatable bonds is 6. The van der Waals surface area contributed by atoms with E-state index in [4.69, 9.17) is 21.5 Å². The summed E-state index contributed by atoms with van der Waals surface area (Å²) in [7, 11) is 6.08. The fourth-order valence-electron chi connectivity index (χ4n) is 12.1. The number of fused-ring (bicyclic) bond motifs is 9. The van der Waals surface area contributed by atoms with Gasteiger partial charge in [-0.2, -0.15) is 0 Å². The fourth-order valence-corrected chi connectivity index (χ4v) is 12.1. The first-order valence-corrected chi connectivity index (χ1v) is 28.7. The molecular formula is C77H67N6O3+3. The smallest absolute Gasteiger partial charge is 0.227 e. The van der Waals surface area contributed by atoms with Crippen LogP contribution in [0.15, 0.2) is 220 Å². The number of pyridine rings is 6. The third-order valence-electron chi connectivity index (χ3n) is 16.4. The largest absolute Gasteiger partial charge is 0.437 e. The first-order chi connectivity index (χ1) is 44.1. The van der Waals surface area contributed by atoms with E-state index in [1.807, 2.05) is 115 Å². The van der Waals surface area contributed by atoms with Crippen LogP contribution in [0.5, 0.6) is 0 Å². The van der Waals surface area contributed by atoms with Crippen molar-refractivity contribution >= 4 is 66.2 Å². The number of furan rings is 3. The highest BCUT2D eigenvalue weighted by Crippen LogP contribution is 2.42. The van der Waals surface area contributed by atoms with Gasteiger partial charge in [-0.15, -0.1) is 0 Å². The third kappa shape index (κ3) is 9.94. The monoisotopic (exact) mass is 1130 g/mol. The van der Waals surface area contributed by atoms with Crippen molar-refractivity contribution in [2.75, 3.05) is 0 Å². The van der Waals surface area contributed by atoms with E-state index >= 15 is 0 Å². The number of benzene rings is 6. The summed E-state index contributed by atoms with van der Waals surface area (Å²) < 4.78 is 73.8. The first kappa shape index (κ1) is 48.0. The average molecular weight is 1130 g/mol. The van der Waals surface area contributed by atoms with E-state index in [-0.39, 0.29) is 0 Å². The van der Waals surface area contributed by atoms with Crippen LogP contribution in [0.2, 0.25) is 0 Å². The van der Waals surface area contributed by atoms with Gasteiger partial charge in [-0.1, -0.05) is 115 Å². The minimum absolute atomic E-state index is 0.293. The molecule has 0 saturated heterocycles. The van der Waals surface area contributed by atoms with Crippen LogP contribution in [0.3, 0.4) is 0 Å². The van der Waals surface area contributed by atoms with Crippen molar-refractivity contribution < 1.29 is 35.2 Å². The number of aryl methyl sites for hydroxylation is 11. The predicted molar refractivity (Wildman–Crippen MR) is 349 cm³/mol. The average Bonchev–Trinajstić information content (AvgIpc) is 1.51. The van der Waals surface area contributed by atoms with E-state index < -0.39 is 13.7 Å². The molecule has 0 unspecified atom stereocenters. The standard InChI is InChI=1S/C27H25N2O.C26H23N2O.C24H19N2O/c1-16-14-23(29(5)15-22(16)20-9-7-6-8-10-20)25-18(3)13-17(2)24-21-12-11-19(4)28-27(21)30-26(24)25;1-16-14-17(2)24(25-23(16)21-12-10-18(3)27-26(21)29-25)22-13-11-20(15-28(22)4)19-8-6-5-7-9-19;1-16-10-11-19-20-9-6-13-25-24(20)27-23(19)22(16)21-15-18(12-14-26(21)2)17-7-4-3-5-8-17/h6-15H,1-5H3;5-15H,1-4H3;3-15H,1-2H3/q3*+1/i2D3;1D3;. The van der Waals surface area contributed by atoms with E-state index in [0.717, 1.165) is 111 Å². The molecule has 86 heavy (non-hydrogen) atoms. The van der Waals surface area contributed by atoms with E-state index in [0.29, 0.717) is 50.2 Å². The van der Waals surface area contributed by atoms with Crippen LogP contribution in [-0.4, -0.2) is 15.0 Å². The fraction of sp³-hybridized carbons (Fsp3) is 0.143. The van der Waals surface area contributed by atoms with Crippen LogP contribution >= 0.6 is 0 Å². The molecule has 0 aliphatic carbocycles. The first-order valence-electron chi connectivity index (χ1n) is 31.7. The van der Waals surface area contributed by atoms with Gasteiger partial charge in [-0.3, -0.25) is 0 Å². The van der Waals surface area contributed by atoms with Crippen molar-refractivity contribution in [2.45, 2.75) is 55.2 Å². The lowest BCUT2D eigenvalue weighted by atomic mass is 9.95. The quantitative estimate of drug-likeness (QED) is 0.154. The van der Waals surface area contributed by atoms with Crippen LogP contribution in [0, 0.1) is 55.2 Å². The maximum Gasteiger partial charge on any atom is 0.227 e. The van der Waals surface area contributed by atoms with Crippen molar-refractivity contribution in [3.8, 4) is 67.2 Å². The molecule has 0 fully saturated rings. The Labute approximate surface area is 509 Å². The second-order valence-electron chi connectivity index (χ2n) is 22.3. The molecule has 0 atom stereocenters. The molecule has 0 radical (unpaired) electrons. The van der Waals surface area contributed by atoms with Crippen molar-refractivity contribution in [3.05, 3.63) is 252 Å². The van der Waals surface area contributed by atoms with Gasteiger partial charge in [0.05, 0.1) is 16.7 Å². The molecule has 6 aromatic carbocycles. The number of aromatic nitrogens is 6. The Balaban J connectivity index is 0.000000127. The molecule has 9 heteroatoms. The van der Waals surface area contributed by atoms with Crippen LogP contribution in [0.1, 0.15) is 53.0 Å². The lowest BCUT2D eigenvalue weighted by Gasteiger charge is -2.11. The topological polar surface area (TPSA) is 89.7 Å². The zero-order valence-electron chi connectivity index (χ0n) is 55.5. The Bertz CT molecular complexity index is 5360. The molecule has 0 aliphatic rings. The molecule has 9 heterocycles. The highest BCUT2D eigenvalue weighted by Gasteiger charge is 2.27. The molecule has 0 saturated carbocycles. The summed E-state index contributed by atoms with van der Waals surface area (Å²) in [5.74, 6) is 0. The lowest BCUT2D eigenvalue weighted by Crippen LogP contribution is -2.31. The zero-order valence-corrected chi connectivity index (χ0v) is 49.5. The Hall–Kier alpha value is -10.4. The summed E-state index contributed by atoms with van der Waals surface area (Å²) >= 11 is 0. The number of nitrogens with zero attached hydrogens (tertiary/aromatic N) is 6. The summed E-state index contributed by atoms with van der Waals surface area (Å²) in [6.45, 7) is 7.36. The molecule has 0 aliphatic heterocycles. The van der Waals surface area contributed by atoms with E-state index in [9.17, 15) is 0 Å². The van der Waals surface area contributed by atoms with Crippen LogP contribution < -0.4 is 13.7 Å². The summed E-state index contributed by atoms with van der Waals surface area (Å²) in [5, 5.41) is 4.83. The van der Waals surface area contributed by atoms with Crippen molar-refractivity contribution in [1.82, 2.24) is 15.0 Å². The van der Waals surface area contributed by atoms with E-state index in [1.165, 1.54) is 16.7 Å². The van der Waals surface area contributed by atoms with Gasteiger partial charge in [-0.05, 0) is 153 Å². The number of hydrogen-bond acceptors (Lipinski definition) is 6. The molecule has 9 nitrogen and oxygen atoms in total. The Morgan fingerprint density at radius 3 is 1.48 bits per heavy atom. The molecule has 0 amide bonds. The summed E-state index contributed by atoms with van der Waals surface area (Å²) in [6.07, 6.45) is 8.08. The summed E-state index contributed by atoms with van der Waals surface area (Å²) in [4.78, 5) is 13.5. The van der Waals surface area contributed by atoms with Gasteiger partial charge in [0.1, 0.15) is 21.1 Å². The minimum Gasteiger partial charge on any atom is -0.437 e. The molecule has 15 aromatic rings. The van der Waals surface area contributed by atoms with Gasteiger partial charge in [0, 0.05) is 93.5 Å². The van der Waals surface area contributed by atoms with Crippen molar-refractivity contribution in [2.24, 2.45) is 21.1 Å². The van der Waals surface area contributed by atoms with Crippen molar-refractivity contribution in [3.63, 3.8) is 0 Å². The predicted octanol–water partition coefficient (Wildman–Crippen LogP) is 17.9. The molecule has 420 valence electrons. The van der Waals surface area contributed by atoms with Crippen LogP contribution in [0.25, 0.3) is 133 Å². The number of hydrogen-bond donors (Lipinski definition) is 0. The molecule has 9 aromatic heterocycles. The second-order valence-corrected chi connectivity index (χ2v) is 22.3. The van der Waals surface area contributed by atoms with Gasteiger partial charge in [0.2, 0.25) is 34.2 Å².